The number of carbonyl (C=O) groups excluding carboxylic acids is 2. The van der Waals surface area contributed by atoms with Gasteiger partial charge >= 0.3 is 11.9 Å². The summed E-state index contributed by atoms with van der Waals surface area (Å²) in [6, 6.07) is 7.52. The average Bonchev–Trinajstić information content (AvgIpc) is 2.80. The van der Waals surface area contributed by atoms with Gasteiger partial charge in [-0.2, -0.15) is 0 Å². The van der Waals surface area contributed by atoms with Gasteiger partial charge in [0.25, 0.3) is 5.79 Å². The van der Waals surface area contributed by atoms with Crippen molar-refractivity contribution in [3.8, 4) is 0 Å². The summed E-state index contributed by atoms with van der Waals surface area (Å²) >= 11 is 0. The molecule has 20 heavy (non-hydrogen) atoms. The van der Waals surface area contributed by atoms with E-state index in [2.05, 4.69) is 4.98 Å². The van der Waals surface area contributed by atoms with Gasteiger partial charge in [-0.05, 0) is 29.2 Å². The van der Waals surface area contributed by atoms with E-state index in [-0.39, 0.29) is 5.57 Å². The largest absolute Gasteiger partial charge is 0.419 e. The molecule has 1 aliphatic heterocycles. The Kier molecular flexibility index (Phi) is 2.64. The molecule has 3 rings (SSSR count). The van der Waals surface area contributed by atoms with Gasteiger partial charge in [0.05, 0.1) is 0 Å². The summed E-state index contributed by atoms with van der Waals surface area (Å²) in [5.74, 6) is -2.55. The highest BCUT2D eigenvalue weighted by Gasteiger charge is 2.38. The maximum atomic E-state index is 11.8. The van der Waals surface area contributed by atoms with Crippen LogP contribution in [0.2, 0.25) is 0 Å². The quantitative estimate of drug-likeness (QED) is 0.491. The van der Waals surface area contributed by atoms with Gasteiger partial charge in [0, 0.05) is 25.6 Å². The number of fused-ring (bicyclic) bond motifs is 1. The second-order valence-electron chi connectivity index (χ2n) is 5.06. The van der Waals surface area contributed by atoms with Crippen LogP contribution in [-0.2, 0) is 19.1 Å². The van der Waals surface area contributed by atoms with Gasteiger partial charge in [-0.1, -0.05) is 12.1 Å². The fourth-order valence-corrected chi connectivity index (χ4v) is 2.10. The first-order valence-corrected chi connectivity index (χ1v) is 6.20. The first-order valence-electron chi connectivity index (χ1n) is 6.20. The summed E-state index contributed by atoms with van der Waals surface area (Å²) in [6.45, 7) is 3.04. The number of H-pyrrole nitrogens is 1. The molecule has 1 aromatic carbocycles. The third kappa shape index (κ3) is 2.18. The molecule has 0 atom stereocenters. The molecule has 0 spiro atoms. The topological polar surface area (TPSA) is 68.4 Å². The minimum atomic E-state index is -1.21. The number of hydrogen-bond donors (Lipinski definition) is 1. The van der Waals surface area contributed by atoms with Gasteiger partial charge in [0.1, 0.15) is 5.57 Å². The number of benzene rings is 1. The Labute approximate surface area is 115 Å². The zero-order valence-corrected chi connectivity index (χ0v) is 11.1. The minimum Gasteiger partial charge on any atom is -0.419 e. The molecule has 2 heterocycles. The number of ether oxygens (including phenoxy) is 2. The molecule has 1 fully saturated rings. The van der Waals surface area contributed by atoms with Crippen molar-refractivity contribution in [1.82, 2.24) is 4.98 Å². The number of nitrogens with one attached hydrogen (secondary N) is 1. The van der Waals surface area contributed by atoms with Crippen LogP contribution in [0.25, 0.3) is 17.0 Å². The van der Waals surface area contributed by atoms with Crippen molar-refractivity contribution in [3.63, 3.8) is 0 Å². The van der Waals surface area contributed by atoms with Crippen molar-refractivity contribution in [1.29, 1.82) is 0 Å². The highest BCUT2D eigenvalue weighted by molar-refractivity contribution is 6.19. The van der Waals surface area contributed by atoms with E-state index in [1.54, 1.807) is 0 Å². The molecule has 5 nitrogen and oxygen atoms in total. The van der Waals surface area contributed by atoms with Crippen LogP contribution < -0.4 is 0 Å². The molecule has 0 amide bonds. The predicted octanol–water partition coefficient (Wildman–Crippen LogP) is 2.39. The number of rotatable bonds is 1. The van der Waals surface area contributed by atoms with Crippen LogP contribution in [0.1, 0.15) is 19.4 Å². The van der Waals surface area contributed by atoms with E-state index in [0.717, 1.165) is 16.5 Å². The van der Waals surface area contributed by atoms with Crippen LogP contribution in [0.3, 0.4) is 0 Å². The van der Waals surface area contributed by atoms with E-state index in [1.165, 1.54) is 19.9 Å². The van der Waals surface area contributed by atoms with E-state index in [0.29, 0.717) is 0 Å². The monoisotopic (exact) mass is 271 g/mol. The number of esters is 2. The van der Waals surface area contributed by atoms with Gasteiger partial charge in [0.15, 0.2) is 0 Å². The van der Waals surface area contributed by atoms with Gasteiger partial charge in [-0.25, -0.2) is 9.59 Å². The van der Waals surface area contributed by atoms with Crippen LogP contribution in [0.5, 0.6) is 0 Å². The normalized spacial score (nSPS) is 17.8. The van der Waals surface area contributed by atoms with Crippen molar-refractivity contribution in [3.05, 3.63) is 41.6 Å². The smallest absolute Gasteiger partial charge is 0.348 e. The van der Waals surface area contributed by atoms with Gasteiger partial charge in [0.2, 0.25) is 0 Å². The van der Waals surface area contributed by atoms with E-state index in [4.69, 9.17) is 9.47 Å². The Balaban J connectivity index is 1.98. The van der Waals surface area contributed by atoms with Crippen molar-refractivity contribution in [2.75, 3.05) is 0 Å². The maximum Gasteiger partial charge on any atom is 0.348 e. The van der Waals surface area contributed by atoms with Crippen LogP contribution >= 0.6 is 0 Å². The summed E-state index contributed by atoms with van der Waals surface area (Å²) in [5.41, 5.74) is 1.55. The van der Waals surface area contributed by atoms with Crippen LogP contribution in [0.4, 0.5) is 0 Å². The maximum absolute atomic E-state index is 11.8. The van der Waals surface area contributed by atoms with Crippen LogP contribution in [0.15, 0.2) is 36.0 Å². The molecule has 1 aliphatic rings. The van der Waals surface area contributed by atoms with Crippen molar-refractivity contribution < 1.29 is 19.1 Å². The SMILES string of the molecule is CC1(C)OC(=O)C(=Cc2ccc3cc[nH]c3c2)C(=O)O1. The number of hydrogen-bond acceptors (Lipinski definition) is 4. The molecular weight excluding hydrogens is 258 g/mol. The Hall–Kier alpha value is -2.56. The van der Waals surface area contributed by atoms with E-state index in [1.807, 2.05) is 30.5 Å². The summed E-state index contributed by atoms with van der Waals surface area (Å²) < 4.78 is 10.1. The number of aromatic amines is 1. The Morgan fingerprint density at radius 3 is 2.50 bits per heavy atom. The summed E-state index contributed by atoms with van der Waals surface area (Å²) in [7, 11) is 0. The first kappa shape index (κ1) is 12.5. The number of carbonyl (C=O) groups is 2. The molecule has 1 N–H and O–H groups in total. The van der Waals surface area contributed by atoms with Crippen molar-refractivity contribution in [2.24, 2.45) is 0 Å². The highest BCUT2D eigenvalue weighted by Crippen LogP contribution is 2.25. The minimum absolute atomic E-state index is 0.102. The van der Waals surface area contributed by atoms with Crippen LogP contribution in [-0.4, -0.2) is 22.7 Å². The van der Waals surface area contributed by atoms with Gasteiger partial charge in [-0.15, -0.1) is 0 Å². The zero-order chi connectivity index (χ0) is 14.3. The molecule has 2 aromatic rings. The Morgan fingerprint density at radius 1 is 1.10 bits per heavy atom. The zero-order valence-electron chi connectivity index (χ0n) is 11.1. The molecule has 0 saturated carbocycles. The second-order valence-corrected chi connectivity index (χ2v) is 5.06. The number of cyclic esters (lactones) is 2. The second kappa shape index (κ2) is 4.23. The summed E-state index contributed by atoms with van der Waals surface area (Å²) in [6.07, 6.45) is 3.30. The average molecular weight is 271 g/mol. The third-order valence-electron chi connectivity index (χ3n) is 3.01. The molecule has 1 aromatic heterocycles. The van der Waals surface area contributed by atoms with E-state index >= 15 is 0 Å². The lowest BCUT2D eigenvalue weighted by molar-refractivity contribution is -0.222. The third-order valence-corrected chi connectivity index (χ3v) is 3.01. The molecule has 0 unspecified atom stereocenters. The molecule has 102 valence electrons. The Morgan fingerprint density at radius 2 is 1.80 bits per heavy atom. The molecule has 5 heteroatoms. The van der Waals surface area contributed by atoms with Gasteiger partial charge < -0.3 is 14.5 Å². The molecule has 0 radical (unpaired) electrons. The van der Waals surface area contributed by atoms with Crippen LogP contribution in [0, 0.1) is 0 Å². The lowest BCUT2D eigenvalue weighted by Crippen LogP contribution is -2.41. The number of aromatic nitrogens is 1. The summed E-state index contributed by atoms with van der Waals surface area (Å²) in [4.78, 5) is 26.7. The first-order chi connectivity index (χ1) is 9.44. The van der Waals surface area contributed by atoms with Gasteiger partial charge in [-0.3, -0.25) is 0 Å². The highest BCUT2D eigenvalue weighted by atomic mass is 16.7. The standard InChI is InChI=1S/C15H13NO4/c1-15(2)19-13(17)11(14(18)20-15)7-9-3-4-10-5-6-16-12(10)8-9/h3-8,16H,1-2H3. The Bertz CT molecular complexity index is 717. The van der Waals surface area contributed by atoms with Crippen molar-refractivity contribution in [2.45, 2.75) is 19.6 Å². The summed E-state index contributed by atoms with van der Waals surface area (Å²) in [5, 5.41) is 1.06. The molecule has 0 aliphatic carbocycles. The predicted molar refractivity (Wildman–Crippen MR) is 72.5 cm³/mol. The molecular formula is C15H13NO4. The fourth-order valence-electron chi connectivity index (χ4n) is 2.10. The lowest BCUT2D eigenvalue weighted by atomic mass is 10.1. The lowest BCUT2D eigenvalue weighted by Gasteiger charge is -2.29. The molecule has 1 saturated heterocycles. The van der Waals surface area contributed by atoms with E-state index < -0.39 is 17.7 Å². The van der Waals surface area contributed by atoms with Crippen molar-refractivity contribution >= 4 is 28.9 Å². The fraction of sp³-hybridized carbons (Fsp3) is 0.200. The molecule has 0 bridgehead atoms. The van der Waals surface area contributed by atoms with E-state index in [9.17, 15) is 9.59 Å².